The quantitative estimate of drug-likeness (QED) is 0.733. The van der Waals surface area contributed by atoms with Crippen molar-refractivity contribution >= 4 is 22.6 Å². The minimum atomic E-state index is -0.755. The van der Waals surface area contributed by atoms with Crippen LogP contribution in [0.3, 0.4) is 0 Å². The van der Waals surface area contributed by atoms with Gasteiger partial charge in [0.2, 0.25) is 5.95 Å². The number of hydrogen-bond acceptors (Lipinski definition) is 5. The molecule has 0 aliphatic rings. The number of hydrogen-bond donors (Lipinski definition) is 2. The average Bonchev–Trinajstić information content (AvgIpc) is 2.17. The molecule has 0 saturated heterocycles. The molecule has 0 fully saturated rings. The lowest BCUT2D eigenvalue weighted by Crippen LogP contribution is -2.13. The number of nitrogens with one attached hydrogen (secondary N) is 1. The van der Waals surface area contributed by atoms with E-state index >= 15 is 0 Å². The topological polar surface area (TPSA) is 80.9 Å². The number of aromatic nitrogens is 2. The lowest BCUT2D eigenvalue weighted by Gasteiger charge is -2.03. The number of nitrogens with two attached hydrogens (primary N) is 1. The van der Waals surface area contributed by atoms with Gasteiger partial charge in [-0.25, -0.2) is 4.98 Å². The average molecular weight is 214 g/mol. The maximum absolute atomic E-state index is 11.1. The molecule has 1 aromatic rings. The Balaban J connectivity index is 2.35. The van der Waals surface area contributed by atoms with Gasteiger partial charge in [-0.2, -0.15) is 4.98 Å². The van der Waals surface area contributed by atoms with Crippen molar-refractivity contribution < 1.29 is 4.21 Å². The van der Waals surface area contributed by atoms with Gasteiger partial charge in [0.15, 0.2) is 0 Å². The third-order valence-electron chi connectivity index (χ3n) is 1.61. The van der Waals surface area contributed by atoms with Crippen LogP contribution in [-0.4, -0.2) is 32.2 Å². The van der Waals surface area contributed by atoms with Gasteiger partial charge < -0.3 is 11.1 Å². The van der Waals surface area contributed by atoms with Crippen LogP contribution in [0.25, 0.3) is 0 Å². The molecule has 78 valence electrons. The minimum Gasteiger partial charge on any atom is -0.384 e. The van der Waals surface area contributed by atoms with E-state index in [0.717, 1.165) is 0 Å². The molecule has 0 saturated carbocycles. The highest BCUT2D eigenvalue weighted by atomic mass is 32.2. The predicted octanol–water partition coefficient (Wildman–Crippen LogP) is 0.239. The molecule has 1 aromatic heterocycles. The number of rotatable bonds is 5. The predicted molar refractivity (Wildman–Crippen MR) is 58.5 cm³/mol. The molecule has 0 bridgehead atoms. The summed E-state index contributed by atoms with van der Waals surface area (Å²) < 4.78 is 11.1. The Hall–Kier alpha value is -1.17. The van der Waals surface area contributed by atoms with Crippen LogP contribution < -0.4 is 11.1 Å². The monoisotopic (exact) mass is 214 g/mol. The molecule has 1 unspecified atom stereocenters. The van der Waals surface area contributed by atoms with Crippen LogP contribution in [0, 0.1) is 0 Å². The molecular formula is C8H14N4OS. The van der Waals surface area contributed by atoms with Crippen molar-refractivity contribution in [3.63, 3.8) is 0 Å². The maximum Gasteiger partial charge on any atom is 0.224 e. The van der Waals surface area contributed by atoms with Crippen LogP contribution in [0.15, 0.2) is 12.3 Å². The highest BCUT2D eigenvalue weighted by molar-refractivity contribution is 7.84. The van der Waals surface area contributed by atoms with Gasteiger partial charge in [-0.3, -0.25) is 4.21 Å². The van der Waals surface area contributed by atoms with E-state index in [0.29, 0.717) is 29.8 Å². The van der Waals surface area contributed by atoms with Crippen LogP contribution in [0.5, 0.6) is 0 Å². The highest BCUT2D eigenvalue weighted by Crippen LogP contribution is 2.00. The summed E-state index contributed by atoms with van der Waals surface area (Å²) in [5.41, 5.74) is 5.47. The fourth-order valence-corrected chi connectivity index (χ4v) is 1.50. The molecule has 0 aliphatic heterocycles. The summed E-state index contributed by atoms with van der Waals surface area (Å²) in [5, 5.41) is 2.96. The van der Waals surface area contributed by atoms with Crippen molar-refractivity contribution in [2.24, 2.45) is 0 Å². The van der Waals surface area contributed by atoms with E-state index in [1.165, 1.54) is 0 Å². The summed E-state index contributed by atoms with van der Waals surface area (Å²) in [7, 11) is -0.755. The van der Waals surface area contributed by atoms with Gasteiger partial charge in [0.25, 0.3) is 0 Å². The maximum atomic E-state index is 11.1. The molecule has 0 spiro atoms. The van der Waals surface area contributed by atoms with Gasteiger partial charge >= 0.3 is 0 Å². The summed E-state index contributed by atoms with van der Waals surface area (Å²) in [4.78, 5) is 7.91. The Morgan fingerprint density at radius 2 is 2.43 bits per heavy atom. The molecular weight excluding hydrogens is 200 g/mol. The van der Waals surface area contributed by atoms with E-state index in [1.807, 2.05) is 6.92 Å². The van der Waals surface area contributed by atoms with Gasteiger partial charge in [-0.1, -0.05) is 6.92 Å². The number of nitrogen functional groups attached to an aromatic ring is 1. The van der Waals surface area contributed by atoms with Crippen LogP contribution in [0.4, 0.5) is 11.8 Å². The second-order valence-corrected chi connectivity index (χ2v) is 4.53. The molecule has 1 atom stereocenters. The van der Waals surface area contributed by atoms with Crippen molar-refractivity contribution in [3.8, 4) is 0 Å². The third kappa shape index (κ3) is 3.69. The zero-order valence-corrected chi connectivity index (χ0v) is 8.88. The zero-order chi connectivity index (χ0) is 10.4. The summed E-state index contributed by atoms with van der Waals surface area (Å²) in [6, 6.07) is 1.62. The standard InChI is InChI=1S/C8H14N4OS/c1-2-14(13)6-5-11-8-10-4-3-7(9)12-8/h3-4H,2,5-6H2,1H3,(H3,9,10,11,12). The second-order valence-electron chi connectivity index (χ2n) is 2.66. The molecule has 1 rings (SSSR count). The van der Waals surface area contributed by atoms with Gasteiger partial charge in [0, 0.05) is 35.0 Å². The number of nitrogens with zero attached hydrogens (tertiary/aromatic N) is 2. The minimum absolute atomic E-state index is 0.430. The summed E-state index contributed by atoms with van der Waals surface area (Å²) >= 11 is 0. The van der Waals surface area contributed by atoms with Crippen molar-refractivity contribution in [2.45, 2.75) is 6.92 Å². The second kappa shape index (κ2) is 5.54. The van der Waals surface area contributed by atoms with Gasteiger partial charge in [0.1, 0.15) is 5.82 Å². The normalized spacial score (nSPS) is 12.4. The zero-order valence-electron chi connectivity index (χ0n) is 8.06. The smallest absolute Gasteiger partial charge is 0.224 e. The number of anilines is 2. The van der Waals surface area contributed by atoms with E-state index in [-0.39, 0.29) is 0 Å². The first-order chi connectivity index (χ1) is 6.72. The molecule has 0 radical (unpaired) electrons. The molecule has 14 heavy (non-hydrogen) atoms. The first kappa shape index (κ1) is 10.9. The molecule has 6 heteroatoms. The SMILES string of the molecule is CCS(=O)CCNc1nccc(N)n1. The van der Waals surface area contributed by atoms with Crippen LogP contribution >= 0.6 is 0 Å². The summed E-state index contributed by atoms with van der Waals surface area (Å²) in [5.74, 6) is 2.20. The molecule has 5 nitrogen and oxygen atoms in total. The third-order valence-corrected chi connectivity index (χ3v) is 2.92. The van der Waals surface area contributed by atoms with Crippen molar-refractivity contribution in [1.82, 2.24) is 9.97 Å². The Kier molecular flexibility index (Phi) is 4.31. The molecule has 0 aromatic carbocycles. The van der Waals surface area contributed by atoms with Crippen molar-refractivity contribution in [2.75, 3.05) is 29.1 Å². The van der Waals surface area contributed by atoms with Crippen LogP contribution in [0.2, 0.25) is 0 Å². The van der Waals surface area contributed by atoms with Crippen molar-refractivity contribution in [3.05, 3.63) is 12.3 Å². The van der Waals surface area contributed by atoms with E-state index < -0.39 is 10.8 Å². The largest absolute Gasteiger partial charge is 0.384 e. The first-order valence-corrected chi connectivity index (χ1v) is 5.88. The van der Waals surface area contributed by atoms with E-state index in [4.69, 9.17) is 5.73 Å². The van der Waals surface area contributed by atoms with Crippen LogP contribution in [0.1, 0.15) is 6.92 Å². The Morgan fingerprint density at radius 3 is 3.07 bits per heavy atom. The van der Waals surface area contributed by atoms with E-state index in [9.17, 15) is 4.21 Å². The van der Waals surface area contributed by atoms with E-state index in [1.54, 1.807) is 12.3 Å². The molecule has 3 N–H and O–H groups in total. The Bertz CT molecular complexity index is 318. The fourth-order valence-electron chi connectivity index (χ4n) is 0.879. The molecule has 0 amide bonds. The fraction of sp³-hybridized carbons (Fsp3) is 0.500. The van der Waals surface area contributed by atoms with Crippen LogP contribution in [-0.2, 0) is 10.8 Å². The van der Waals surface area contributed by atoms with Gasteiger partial charge in [-0.05, 0) is 6.07 Å². The summed E-state index contributed by atoms with van der Waals surface area (Å²) in [6.45, 7) is 2.50. The molecule has 1 heterocycles. The highest BCUT2D eigenvalue weighted by Gasteiger charge is 1.98. The van der Waals surface area contributed by atoms with Gasteiger partial charge in [-0.15, -0.1) is 0 Å². The Labute approximate surface area is 85.6 Å². The first-order valence-electron chi connectivity index (χ1n) is 4.39. The van der Waals surface area contributed by atoms with Crippen molar-refractivity contribution in [1.29, 1.82) is 0 Å². The lowest BCUT2D eigenvalue weighted by atomic mass is 10.6. The Morgan fingerprint density at radius 1 is 1.64 bits per heavy atom. The molecule has 0 aliphatic carbocycles. The summed E-state index contributed by atoms with van der Waals surface area (Å²) in [6.07, 6.45) is 1.58. The van der Waals surface area contributed by atoms with Gasteiger partial charge in [0.05, 0.1) is 0 Å². The lowest BCUT2D eigenvalue weighted by molar-refractivity contribution is 0.684. The van der Waals surface area contributed by atoms with E-state index in [2.05, 4.69) is 15.3 Å².